The molecule has 0 fully saturated rings. The van der Waals surface area contributed by atoms with Gasteiger partial charge in [-0.15, -0.1) is 0 Å². The minimum Gasteiger partial charge on any atom is -0.297 e. The maximum Gasteiger partial charge on any atom is 0.111 e. The third kappa shape index (κ3) is 3.84. The molecule has 188 valence electrons. The molecule has 7 rings (SSSR count). The van der Waals surface area contributed by atoms with Gasteiger partial charge >= 0.3 is 0 Å². The summed E-state index contributed by atoms with van der Waals surface area (Å²) in [5.41, 5.74) is 12.3. The summed E-state index contributed by atoms with van der Waals surface area (Å²) in [6.45, 7) is 6.26. The lowest BCUT2D eigenvalue weighted by molar-refractivity contribution is 1.00. The van der Waals surface area contributed by atoms with Gasteiger partial charge in [0.2, 0.25) is 0 Å². The second-order valence-corrected chi connectivity index (χ2v) is 10.1. The quantitative estimate of drug-likeness (QED) is 0.240. The number of para-hydroxylation sites is 2. The molecular weight excluding hydrogens is 476 g/mol. The van der Waals surface area contributed by atoms with Crippen molar-refractivity contribution in [3.05, 3.63) is 132 Å². The minimum atomic E-state index is 0.968. The highest BCUT2D eigenvalue weighted by Crippen LogP contribution is 2.36. The zero-order valence-electron chi connectivity index (χ0n) is 22.3. The summed E-state index contributed by atoms with van der Waals surface area (Å²) in [7, 11) is 0. The van der Waals surface area contributed by atoms with E-state index in [1.807, 2.05) is 6.07 Å². The highest BCUT2D eigenvalue weighted by atomic mass is 15.1. The van der Waals surface area contributed by atoms with Crippen molar-refractivity contribution in [3.63, 3.8) is 0 Å². The Morgan fingerprint density at radius 3 is 1.79 bits per heavy atom. The monoisotopic (exact) mass is 504 g/mol. The van der Waals surface area contributed by atoms with E-state index in [0.717, 1.165) is 56.2 Å². The molecule has 0 bridgehead atoms. The van der Waals surface area contributed by atoms with E-state index in [4.69, 9.17) is 9.97 Å². The third-order valence-electron chi connectivity index (χ3n) is 7.54. The van der Waals surface area contributed by atoms with E-state index in [-0.39, 0.29) is 0 Å². The molecule has 0 unspecified atom stereocenters. The predicted octanol–water partition coefficient (Wildman–Crippen LogP) is 8.62. The van der Waals surface area contributed by atoms with Gasteiger partial charge in [0.25, 0.3) is 0 Å². The van der Waals surface area contributed by atoms with Gasteiger partial charge in [-0.3, -0.25) is 9.13 Å². The first-order valence-electron chi connectivity index (χ1n) is 13.3. The van der Waals surface area contributed by atoms with Crippen molar-refractivity contribution in [2.75, 3.05) is 0 Å². The number of aromatic nitrogens is 4. The number of benzene rings is 5. The Kier molecular flexibility index (Phi) is 5.41. The zero-order chi connectivity index (χ0) is 26.5. The van der Waals surface area contributed by atoms with Gasteiger partial charge in [-0.1, -0.05) is 72.8 Å². The van der Waals surface area contributed by atoms with Crippen molar-refractivity contribution in [2.24, 2.45) is 0 Å². The number of fused-ring (bicyclic) bond motifs is 2. The average molecular weight is 505 g/mol. The molecule has 0 saturated heterocycles. The third-order valence-corrected chi connectivity index (χ3v) is 7.54. The smallest absolute Gasteiger partial charge is 0.111 e. The number of nitrogens with zero attached hydrogens (tertiary/aromatic N) is 4. The number of aryl methyl sites for hydroxylation is 3. The van der Waals surface area contributed by atoms with Crippen LogP contribution in [0.4, 0.5) is 0 Å². The first-order chi connectivity index (χ1) is 19.1. The van der Waals surface area contributed by atoms with Gasteiger partial charge in [0.15, 0.2) is 0 Å². The van der Waals surface area contributed by atoms with Gasteiger partial charge < -0.3 is 0 Å². The predicted molar refractivity (Wildman–Crippen MR) is 161 cm³/mol. The van der Waals surface area contributed by atoms with Crippen LogP contribution in [0.2, 0.25) is 0 Å². The number of hydrogen-bond donors (Lipinski definition) is 0. The van der Waals surface area contributed by atoms with Crippen molar-refractivity contribution in [1.29, 1.82) is 0 Å². The van der Waals surface area contributed by atoms with Crippen molar-refractivity contribution in [1.82, 2.24) is 19.1 Å². The van der Waals surface area contributed by atoms with Crippen molar-refractivity contribution >= 4 is 22.1 Å². The molecule has 0 atom stereocenters. The average Bonchev–Trinajstić information content (AvgIpc) is 3.49. The van der Waals surface area contributed by atoms with Crippen LogP contribution in [0.5, 0.6) is 0 Å². The molecule has 0 aliphatic heterocycles. The maximum absolute atomic E-state index is 5.09. The number of rotatable bonds is 4. The molecule has 4 nitrogen and oxygen atoms in total. The van der Waals surface area contributed by atoms with Crippen LogP contribution in [-0.4, -0.2) is 19.1 Å². The number of imidazole rings is 2. The summed E-state index contributed by atoms with van der Waals surface area (Å²) < 4.78 is 4.49. The molecule has 0 N–H and O–H groups in total. The molecule has 4 heteroatoms. The van der Waals surface area contributed by atoms with Crippen LogP contribution in [0.1, 0.15) is 17.2 Å². The minimum absolute atomic E-state index is 0.968. The van der Waals surface area contributed by atoms with Crippen LogP contribution >= 0.6 is 0 Å². The first-order valence-corrected chi connectivity index (χ1v) is 13.3. The van der Waals surface area contributed by atoms with E-state index in [2.05, 4.69) is 139 Å². The zero-order valence-corrected chi connectivity index (χ0v) is 22.3. The molecule has 0 amide bonds. The normalized spacial score (nSPS) is 11.5. The molecule has 7 aromatic rings. The van der Waals surface area contributed by atoms with E-state index in [0.29, 0.717) is 0 Å². The Morgan fingerprint density at radius 1 is 0.462 bits per heavy atom. The Bertz CT molecular complexity index is 1960. The van der Waals surface area contributed by atoms with Gasteiger partial charge in [0.1, 0.15) is 11.6 Å². The fourth-order valence-electron chi connectivity index (χ4n) is 5.69. The fourth-order valence-corrected chi connectivity index (χ4v) is 5.69. The second kappa shape index (κ2) is 9.10. The highest BCUT2D eigenvalue weighted by Gasteiger charge is 2.17. The second-order valence-electron chi connectivity index (χ2n) is 10.1. The van der Waals surface area contributed by atoms with Crippen LogP contribution < -0.4 is 0 Å². The van der Waals surface area contributed by atoms with Crippen molar-refractivity contribution in [3.8, 4) is 33.6 Å². The van der Waals surface area contributed by atoms with E-state index in [1.165, 1.54) is 16.7 Å². The lowest BCUT2D eigenvalue weighted by Crippen LogP contribution is -1.97. The molecule has 0 saturated carbocycles. The van der Waals surface area contributed by atoms with Crippen molar-refractivity contribution < 1.29 is 0 Å². The molecule has 0 spiro atoms. The lowest BCUT2D eigenvalue weighted by Gasteiger charge is -2.12. The van der Waals surface area contributed by atoms with Crippen LogP contribution in [0, 0.1) is 20.8 Å². The lowest BCUT2D eigenvalue weighted by atomic mass is 9.97. The molecule has 0 radical (unpaired) electrons. The maximum atomic E-state index is 5.09. The van der Waals surface area contributed by atoms with Crippen LogP contribution in [0.15, 0.2) is 115 Å². The SMILES string of the molecule is Cc1cccc2c1nc(C)n2-c1ccc(-c2cc(-c3ccccc3)cc3c2nc(C)n3-c2ccccc2)cc1. The van der Waals surface area contributed by atoms with Gasteiger partial charge in [0, 0.05) is 16.9 Å². The van der Waals surface area contributed by atoms with Crippen molar-refractivity contribution in [2.45, 2.75) is 20.8 Å². The van der Waals surface area contributed by atoms with E-state index in [1.54, 1.807) is 0 Å². The van der Waals surface area contributed by atoms with E-state index >= 15 is 0 Å². The van der Waals surface area contributed by atoms with Gasteiger partial charge in [-0.2, -0.15) is 0 Å². The Hall–Kier alpha value is -4.96. The Balaban J connectivity index is 1.42. The summed E-state index contributed by atoms with van der Waals surface area (Å²) in [4.78, 5) is 9.93. The Labute approximate surface area is 227 Å². The van der Waals surface area contributed by atoms with E-state index in [9.17, 15) is 0 Å². The van der Waals surface area contributed by atoms with Gasteiger partial charge in [-0.05, 0) is 85.5 Å². The summed E-state index contributed by atoms with van der Waals surface area (Å²) in [6, 6.07) is 40.7. The highest BCUT2D eigenvalue weighted by molar-refractivity contribution is 5.97. The fraction of sp³-hybridized carbons (Fsp3) is 0.0857. The summed E-state index contributed by atoms with van der Waals surface area (Å²) >= 11 is 0. The summed E-state index contributed by atoms with van der Waals surface area (Å²) in [5, 5.41) is 0. The molecule has 2 heterocycles. The standard InChI is InChI=1S/C35H28N4/c1-23-11-10-16-32-34(23)36-24(2)38(32)30-19-17-27(18-20-30)31-21-28(26-12-6-4-7-13-26)22-33-35(31)37-25(3)39(33)29-14-8-5-9-15-29/h4-22H,1-3H3. The Morgan fingerprint density at radius 2 is 1.08 bits per heavy atom. The summed E-state index contributed by atoms with van der Waals surface area (Å²) in [6.07, 6.45) is 0. The topological polar surface area (TPSA) is 35.6 Å². The van der Waals surface area contributed by atoms with Gasteiger partial charge in [0.05, 0.1) is 22.1 Å². The molecule has 39 heavy (non-hydrogen) atoms. The van der Waals surface area contributed by atoms with Crippen LogP contribution in [0.25, 0.3) is 55.7 Å². The first kappa shape index (κ1) is 23.2. The molecule has 0 aliphatic rings. The molecule has 0 aliphatic carbocycles. The molecular formula is C35H28N4. The molecule has 2 aromatic heterocycles. The van der Waals surface area contributed by atoms with Crippen LogP contribution in [0.3, 0.4) is 0 Å². The van der Waals surface area contributed by atoms with E-state index < -0.39 is 0 Å². The largest absolute Gasteiger partial charge is 0.297 e. The summed E-state index contributed by atoms with van der Waals surface area (Å²) in [5.74, 6) is 1.95. The van der Waals surface area contributed by atoms with Crippen LogP contribution in [-0.2, 0) is 0 Å². The molecule has 5 aromatic carbocycles. The number of hydrogen-bond acceptors (Lipinski definition) is 2. The van der Waals surface area contributed by atoms with Gasteiger partial charge in [-0.25, -0.2) is 9.97 Å².